The molecule has 0 aromatic rings. The Kier molecular flexibility index (Phi) is 27.1. The molecule has 0 spiro atoms. The number of rotatable bonds is 24. The third-order valence-electron chi connectivity index (χ3n) is 6.52. The predicted molar refractivity (Wildman–Crippen MR) is 141 cm³/mol. The van der Waals surface area contributed by atoms with Gasteiger partial charge in [0.05, 0.1) is 6.10 Å². The van der Waals surface area contributed by atoms with Crippen LogP contribution in [0, 0.1) is 11.8 Å². The van der Waals surface area contributed by atoms with Gasteiger partial charge >= 0.3 is 0 Å². The van der Waals surface area contributed by atoms with Gasteiger partial charge in [-0.25, -0.2) is 0 Å². The average Bonchev–Trinajstić information content (AvgIpc) is 2.77. The van der Waals surface area contributed by atoms with Crippen molar-refractivity contribution in [3.63, 3.8) is 0 Å². The van der Waals surface area contributed by atoms with Crippen molar-refractivity contribution in [2.45, 2.75) is 180 Å². The Labute approximate surface area is 197 Å². The molecular formula is C30H58O. The first-order valence-corrected chi connectivity index (χ1v) is 14.4. The minimum absolute atomic E-state index is 0.134. The molecule has 0 aliphatic carbocycles. The number of hydrogen-bond acceptors (Lipinski definition) is 1. The minimum atomic E-state index is -0.134. The Morgan fingerprint density at radius 2 is 0.774 bits per heavy atom. The van der Waals surface area contributed by atoms with Gasteiger partial charge in [0.25, 0.3) is 0 Å². The van der Waals surface area contributed by atoms with Gasteiger partial charge in [0.1, 0.15) is 0 Å². The number of aliphatic hydroxyl groups excluding tert-OH is 1. The highest BCUT2D eigenvalue weighted by molar-refractivity contribution is 4.98. The van der Waals surface area contributed by atoms with E-state index >= 15 is 0 Å². The summed E-state index contributed by atoms with van der Waals surface area (Å²) in [4.78, 5) is 0. The van der Waals surface area contributed by atoms with Gasteiger partial charge in [-0.1, -0.05) is 142 Å². The first kappa shape index (κ1) is 30.5. The van der Waals surface area contributed by atoms with E-state index in [9.17, 15) is 5.11 Å². The lowest BCUT2D eigenvalue weighted by atomic mass is 10.0. The molecule has 0 radical (unpaired) electrons. The van der Waals surface area contributed by atoms with Gasteiger partial charge in [-0.15, -0.1) is 11.8 Å². The molecule has 0 saturated carbocycles. The SMILES string of the molecule is CCCCCCC#CCC[C@H](O)CCCCCCCCCCCCCCCCCCC. The standard InChI is InChI=1S/C30H58O/c1-3-5-7-9-11-13-14-15-16-17-18-19-20-21-23-25-27-29-30(31)28-26-24-22-12-10-8-6-4-2/h30-31H,3-21,23,25-29H2,1-2H3/t30-/m0/s1. The lowest BCUT2D eigenvalue weighted by molar-refractivity contribution is 0.152. The Balaban J connectivity index is 3.18. The second-order valence-electron chi connectivity index (χ2n) is 9.80. The quantitative estimate of drug-likeness (QED) is 0.118. The fourth-order valence-electron chi connectivity index (χ4n) is 4.30. The number of unbranched alkanes of at least 4 members (excludes halogenated alkanes) is 20. The van der Waals surface area contributed by atoms with Crippen molar-refractivity contribution in [2.75, 3.05) is 0 Å². The largest absolute Gasteiger partial charge is 0.393 e. The van der Waals surface area contributed by atoms with Gasteiger partial charge in [-0.2, -0.15) is 0 Å². The summed E-state index contributed by atoms with van der Waals surface area (Å²) >= 11 is 0. The van der Waals surface area contributed by atoms with Gasteiger partial charge in [-0.3, -0.25) is 0 Å². The molecule has 1 atom stereocenters. The molecule has 0 saturated heterocycles. The van der Waals surface area contributed by atoms with Crippen molar-refractivity contribution in [3.05, 3.63) is 0 Å². The predicted octanol–water partition coefficient (Wildman–Crippen LogP) is 10.1. The molecule has 0 aliphatic rings. The molecule has 0 amide bonds. The van der Waals surface area contributed by atoms with E-state index in [1.807, 2.05) is 0 Å². The van der Waals surface area contributed by atoms with Crippen molar-refractivity contribution < 1.29 is 5.11 Å². The summed E-state index contributed by atoms with van der Waals surface area (Å²) in [6.45, 7) is 4.54. The molecule has 0 rings (SSSR count). The van der Waals surface area contributed by atoms with E-state index in [2.05, 4.69) is 25.7 Å². The summed E-state index contributed by atoms with van der Waals surface area (Å²) in [5, 5.41) is 10.1. The van der Waals surface area contributed by atoms with E-state index in [0.717, 1.165) is 25.7 Å². The Morgan fingerprint density at radius 1 is 0.419 bits per heavy atom. The van der Waals surface area contributed by atoms with E-state index in [0.29, 0.717) is 0 Å². The van der Waals surface area contributed by atoms with Crippen LogP contribution in [0.3, 0.4) is 0 Å². The van der Waals surface area contributed by atoms with Crippen LogP contribution in [0.15, 0.2) is 0 Å². The Morgan fingerprint density at radius 3 is 1.23 bits per heavy atom. The Hall–Kier alpha value is -0.480. The van der Waals surface area contributed by atoms with Crippen LogP contribution in [0.2, 0.25) is 0 Å². The first-order chi connectivity index (χ1) is 15.3. The van der Waals surface area contributed by atoms with Crippen molar-refractivity contribution in [1.82, 2.24) is 0 Å². The molecule has 0 aromatic carbocycles. The van der Waals surface area contributed by atoms with Crippen molar-refractivity contribution in [1.29, 1.82) is 0 Å². The monoisotopic (exact) mass is 434 g/mol. The van der Waals surface area contributed by atoms with Crippen LogP contribution in [0.25, 0.3) is 0 Å². The molecular weight excluding hydrogens is 376 g/mol. The summed E-state index contributed by atoms with van der Waals surface area (Å²) < 4.78 is 0. The van der Waals surface area contributed by atoms with Gasteiger partial charge in [-0.05, 0) is 19.3 Å². The second-order valence-corrected chi connectivity index (χ2v) is 9.80. The molecule has 1 N–H and O–H groups in total. The molecule has 0 unspecified atom stereocenters. The Bertz CT molecular complexity index is 378. The lowest BCUT2D eigenvalue weighted by Crippen LogP contribution is -2.05. The van der Waals surface area contributed by atoms with Crippen LogP contribution >= 0.6 is 0 Å². The number of hydrogen-bond donors (Lipinski definition) is 1. The zero-order chi connectivity index (χ0) is 22.7. The van der Waals surface area contributed by atoms with E-state index in [1.165, 1.54) is 135 Å². The van der Waals surface area contributed by atoms with Crippen LogP contribution < -0.4 is 0 Å². The van der Waals surface area contributed by atoms with Crippen LogP contribution in [0.4, 0.5) is 0 Å². The molecule has 0 aromatic heterocycles. The molecule has 31 heavy (non-hydrogen) atoms. The molecule has 184 valence electrons. The zero-order valence-corrected chi connectivity index (χ0v) is 21.7. The molecule has 1 nitrogen and oxygen atoms in total. The third-order valence-corrected chi connectivity index (χ3v) is 6.52. The molecule has 0 fully saturated rings. The van der Waals surface area contributed by atoms with Crippen molar-refractivity contribution in [2.24, 2.45) is 0 Å². The van der Waals surface area contributed by atoms with E-state index in [1.54, 1.807) is 0 Å². The first-order valence-electron chi connectivity index (χ1n) is 14.4. The fraction of sp³-hybridized carbons (Fsp3) is 0.933. The summed E-state index contributed by atoms with van der Waals surface area (Å²) in [6, 6.07) is 0. The summed E-state index contributed by atoms with van der Waals surface area (Å²) in [5.74, 6) is 6.51. The molecule has 1 heteroatoms. The smallest absolute Gasteiger partial charge is 0.0549 e. The van der Waals surface area contributed by atoms with E-state index in [4.69, 9.17) is 0 Å². The van der Waals surface area contributed by atoms with E-state index in [-0.39, 0.29) is 6.10 Å². The minimum Gasteiger partial charge on any atom is -0.393 e. The van der Waals surface area contributed by atoms with Gasteiger partial charge < -0.3 is 5.11 Å². The van der Waals surface area contributed by atoms with Crippen LogP contribution in [0.5, 0.6) is 0 Å². The van der Waals surface area contributed by atoms with Crippen LogP contribution in [-0.4, -0.2) is 11.2 Å². The second kappa shape index (κ2) is 27.6. The van der Waals surface area contributed by atoms with Gasteiger partial charge in [0, 0.05) is 12.8 Å². The summed E-state index contributed by atoms with van der Waals surface area (Å²) in [5.41, 5.74) is 0. The maximum absolute atomic E-state index is 10.1. The van der Waals surface area contributed by atoms with E-state index < -0.39 is 0 Å². The highest BCUT2D eigenvalue weighted by Crippen LogP contribution is 2.15. The average molecular weight is 435 g/mol. The maximum atomic E-state index is 10.1. The third kappa shape index (κ3) is 27.5. The lowest BCUT2D eigenvalue weighted by Gasteiger charge is -2.08. The molecule has 0 heterocycles. The van der Waals surface area contributed by atoms with Gasteiger partial charge in [0.2, 0.25) is 0 Å². The summed E-state index contributed by atoms with van der Waals surface area (Å²) in [7, 11) is 0. The van der Waals surface area contributed by atoms with Crippen molar-refractivity contribution >= 4 is 0 Å². The summed E-state index contributed by atoms with van der Waals surface area (Å²) in [6.07, 6.45) is 32.7. The van der Waals surface area contributed by atoms with Crippen LogP contribution in [0.1, 0.15) is 174 Å². The molecule has 0 aliphatic heterocycles. The highest BCUT2D eigenvalue weighted by atomic mass is 16.3. The van der Waals surface area contributed by atoms with Crippen molar-refractivity contribution in [3.8, 4) is 11.8 Å². The normalized spacial score (nSPS) is 12.0. The fourth-order valence-corrected chi connectivity index (χ4v) is 4.30. The van der Waals surface area contributed by atoms with Gasteiger partial charge in [0.15, 0.2) is 0 Å². The maximum Gasteiger partial charge on any atom is 0.0549 e. The highest BCUT2D eigenvalue weighted by Gasteiger charge is 2.02. The van der Waals surface area contributed by atoms with Crippen LogP contribution in [-0.2, 0) is 0 Å². The topological polar surface area (TPSA) is 20.2 Å². The number of aliphatic hydroxyl groups is 1. The molecule has 0 bridgehead atoms. The zero-order valence-electron chi connectivity index (χ0n) is 21.7.